The number of ether oxygens (including phenoxy) is 3. The molecule has 6 rings (SSSR count). The first-order valence-corrected chi connectivity index (χ1v) is 14.4. The molecule has 236 valence electrons. The summed E-state index contributed by atoms with van der Waals surface area (Å²) in [4.78, 5) is 58.1. The standard InChI is InChI=1S/C25H26Cl3N7O9/c1-11-29-19-13(7-34-16(36)5-6-17(34)37)30-21(32-22(39)42-9-23(26,27)28)35-8-15(25(40,41)24(19,35)33-11)31-20(38)12-3-2-4-14-18(12)44-10-43-14/h2-4,13,15,19,29,33,40-41H,1,5-10H2,(H,31,38)(H,30,32,39)/t13-,15?,19?,24?/m0/s1. The number of alkyl halides is 3. The van der Waals surface area contributed by atoms with Crippen LogP contribution in [0.1, 0.15) is 23.2 Å². The summed E-state index contributed by atoms with van der Waals surface area (Å²) in [5, 5.41) is 34.7. The van der Waals surface area contributed by atoms with E-state index >= 15 is 0 Å². The zero-order valence-corrected chi connectivity index (χ0v) is 24.9. The maximum absolute atomic E-state index is 13.4. The molecule has 0 aromatic heterocycles. The van der Waals surface area contributed by atoms with Gasteiger partial charge in [0.25, 0.3) is 5.91 Å². The summed E-state index contributed by atoms with van der Waals surface area (Å²) in [7, 11) is 0. The van der Waals surface area contributed by atoms with Crippen molar-refractivity contribution < 1.29 is 43.6 Å². The highest BCUT2D eigenvalue weighted by atomic mass is 35.6. The van der Waals surface area contributed by atoms with E-state index in [0.717, 1.165) is 4.90 Å². The van der Waals surface area contributed by atoms with Crippen molar-refractivity contribution in [3.63, 3.8) is 0 Å². The monoisotopic (exact) mass is 673 g/mol. The Kier molecular flexibility index (Phi) is 7.40. The predicted octanol–water partition coefficient (Wildman–Crippen LogP) is -0.777. The number of likely N-dealkylation sites (tertiary alicyclic amines) is 1. The topological polar surface area (TPSA) is 203 Å². The van der Waals surface area contributed by atoms with E-state index < -0.39 is 63.8 Å². The third-order valence-corrected chi connectivity index (χ3v) is 8.27. The Bertz CT molecular complexity index is 1470. The summed E-state index contributed by atoms with van der Waals surface area (Å²) in [6.45, 7) is 2.56. The number of nitrogens with one attached hydrogen (secondary N) is 4. The van der Waals surface area contributed by atoms with Crippen molar-refractivity contribution in [2.75, 3.05) is 26.5 Å². The van der Waals surface area contributed by atoms with E-state index in [1.165, 1.54) is 11.0 Å². The van der Waals surface area contributed by atoms with Crippen molar-refractivity contribution in [3.8, 4) is 11.5 Å². The second kappa shape index (κ2) is 10.7. The predicted molar refractivity (Wildman–Crippen MR) is 152 cm³/mol. The Morgan fingerprint density at radius 3 is 2.64 bits per heavy atom. The largest absolute Gasteiger partial charge is 0.454 e. The normalized spacial score (nSPS) is 28.2. The molecule has 1 aromatic carbocycles. The van der Waals surface area contributed by atoms with Gasteiger partial charge < -0.3 is 45.3 Å². The lowest BCUT2D eigenvalue weighted by molar-refractivity contribution is -0.231. The van der Waals surface area contributed by atoms with Crippen molar-refractivity contribution in [2.45, 2.75) is 46.2 Å². The van der Waals surface area contributed by atoms with Crippen LogP contribution in [0.4, 0.5) is 4.79 Å². The van der Waals surface area contributed by atoms with E-state index in [4.69, 9.17) is 49.0 Å². The summed E-state index contributed by atoms with van der Waals surface area (Å²) in [6, 6.07) is 1.16. The second-order valence-corrected chi connectivity index (χ2v) is 13.1. The third-order valence-electron chi connectivity index (χ3n) is 7.94. The number of rotatable bonds is 5. The number of imide groups is 1. The lowest BCUT2D eigenvalue weighted by Crippen LogP contribution is -2.78. The van der Waals surface area contributed by atoms with Crippen LogP contribution in [0.3, 0.4) is 0 Å². The molecule has 44 heavy (non-hydrogen) atoms. The number of guanidine groups is 1. The van der Waals surface area contributed by atoms with E-state index in [1.807, 2.05) is 0 Å². The first-order valence-electron chi connectivity index (χ1n) is 13.3. The van der Waals surface area contributed by atoms with Gasteiger partial charge in [0.1, 0.15) is 12.6 Å². The number of carbonyl (C=O) groups is 4. The summed E-state index contributed by atoms with van der Waals surface area (Å²) in [5.41, 5.74) is -1.86. The number of amides is 4. The Morgan fingerprint density at radius 1 is 1.20 bits per heavy atom. The maximum atomic E-state index is 13.4. The highest BCUT2D eigenvalue weighted by Gasteiger charge is 2.74. The molecule has 0 saturated carbocycles. The molecule has 4 atom stereocenters. The van der Waals surface area contributed by atoms with Crippen molar-refractivity contribution in [2.24, 2.45) is 4.99 Å². The molecular weight excluding hydrogens is 649 g/mol. The number of aliphatic imine (C=N–C) groups is 1. The number of hydrogen-bond donors (Lipinski definition) is 6. The lowest BCUT2D eigenvalue weighted by Gasteiger charge is -2.49. The lowest BCUT2D eigenvalue weighted by atomic mass is 9.85. The molecule has 5 aliphatic rings. The number of halogens is 3. The first-order chi connectivity index (χ1) is 20.7. The smallest absolute Gasteiger partial charge is 0.414 e. The van der Waals surface area contributed by atoms with Gasteiger partial charge in [-0.1, -0.05) is 47.4 Å². The fraction of sp³-hybridized carbons (Fsp3) is 0.480. The SMILES string of the molecule is C=C1NC2[C@H](CN3C(=O)CCC3=O)N=C(NC(=O)OCC(Cl)(Cl)Cl)N3CC(NC(=O)c4cccc5c4OCO5)C(O)(O)C23N1. The van der Waals surface area contributed by atoms with Gasteiger partial charge in [0.05, 0.1) is 30.0 Å². The Morgan fingerprint density at radius 2 is 1.93 bits per heavy atom. The van der Waals surface area contributed by atoms with Crippen LogP contribution < -0.4 is 30.7 Å². The highest BCUT2D eigenvalue weighted by Crippen LogP contribution is 2.45. The summed E-state index contributed by atoms with van der Waals surface area (Å²) in [6.07, 6.45) is -1.08. The number of carbonyl (C=O) groups excluding carboxylic acids is 4. The van der Waals surface area contributed by atoms with Crippen molar-refractivity contribution >= 4 is 64.6 Å². The molecule has 5 aliphatic heterocycles. The minimum absolute atomic E-state index is 0.0139. The highest BCUT2D eigenvalue weighted by molar-refractivity contribution is 6.67. The van der Waals surface area contributed by atoms with E-state index in [9.17, 15) is 29.4 Å². The van der Waals surface area contributed by atoms with Gasteiger partial charge in [-0.15, -0.1) is 0 Å². The Labute approximate surface area is 264 Å². The summed E-state index contributed by atoms with van der Waals surface area (Å²) < 4.78 is 13.8. The van der Waals surface area contributed by atoms with Gasteiger partial charge in [-0.05, 0) is 12.1 Å². The van der Waals surface area contributed by atoms with Crippen LogP contribution in [-0.2, 0) is 14.3 Å². The minimum Gasteiger partial charge on any atom is -0.454 e. The van der Waals surface area contributed by atoms with Gasteiger partial charge in [-0.3, -0.25) is 24.6 Å². The van der Waals surface area contributed by atoms with Crippen molar-refractivity contribution in [3.05, 3.63) is 36.2 Å². The molecule has 1 aromatic rings. The van der Waals surface area contributed by atoms with Gasteiger partial charge in [0, 0.05) is 19.4 Å². The van der Waals surface area contributed by atoms with Crippen LogP contribution >= 0.6 is 34.8 Å². The Balaban J connectivity index is 1.35. The van der Waals surface area contributed by atoms with Gasteiger partial charge in [-0.25, -0.2) is 9.79 Å². The zero-order chi connectivity index (χ0) is 31.6. The molecule has 4 amide bonds. The number of fused-ring (bicyclic) bond motifs is 1. The number of hydrogen-bond acceptors (Lipinski definition) is 13. The van der Waals surface area contributed by atoms with Crippen molar-refractivity contribution in [1.29, 1.82) is 0 Å². The fourth-order valence-corrected chi connectivity index (χ4v) is 6.23. The van der Waals surface area contributed by atoms with Gasteiger partial charge in [0.2, 0.25) is 34.1 Å². The fourth-order valence-electron chi connectivity index (χ4n) is 6.07. The minimum atomic E-state index is -2.79. The molecule has 0 aliphatic carbocycles. The molecule has 6 N–H and O–H groups in total. The summed E-state index contributed by atoms with van der Waals surface area (Å²) >= 11 is 17.1. The van der Waals surface area contributed by atoms with Crippen LogP contribution in [0.5, 0.6) is 11.5 Å². The van der Waals surface area contributed by atoms with Crippen molar-refractivity contribution in [1.82, 2.24) is 31.1 Å². The molecule has 3 fully saturated rings. The number of nitrogens with zero attached hydrogens (tertiary/aromatic N) is 3. The first kappa shape index (κ1) is 30.3. The van der Waals surface area contributed by atoms with Gasteiger partial charge in [0.15, 0.2) is 17.2 Å². The molecule has 3 unspecified atom stereocenters. The van der Waals surface area contributed by atoms with E-state index in [-0.39, 0.29) is 55.8 Å². The van der Waals surface area contributed by atoms with Crippen LogP contribution in [0, 0.1) is 0 Å². The molecule has 0 bridgehead atoms. The molecule has 19 heteroatoms. The molecular formula is C25H26Cl3N7O9. The number of aliphatic hydroxyl groups is 2. The third kappa shape index (κ3) is 4.99. The van der Waals surface area contributed by atoms with Gasteiger partial charge in [-0.2, -0.15) is 0 Å². The second-order valence-electron chi connectivity index (χ2n) is 10.6. The average molecular weight is 675 g/mol. The number of para-hydroxylation sites is 1. The molecule has 16 nitrogen and oxygen atoms in total. The average Bonchev–Trinajstić information content (AvgIpc) is 3.70. The summed E-state index contributed by atoms with van der Waals surface area (Å²) in [5.74, 6) is -3.93. The Hall–Kier alpha value is -3.70. The number of benzene rings is 1. The van der Waals surface area contributed by atoms with E-state index in [0.29, 0.717) is 5.75 Å². The van der Waals surface area contributed by atoms with Crippen LogP contribution in [-0.4, -0.2) is 110 Å². The number of alkyl carbamates (subject to hydrolysis) is 1. The maximum Gasteiger partial charge on any atom is 0.414 e. The van der Waals surface area contributed by atoms with Crippen LogP contribution in [0.25, 0.3) is 0 Å². The van der Waals surface area contributed by atoms with E-state index in [1.54, 1.807) is 12.1 Å². The van der Waals surface area contributed by atoms with Crippen LogP contribution in [0.15, 0.2) is 35.6 Å². The molecule has 0 radical (unpaired) electrons. The van der Waals surface area contributed by atoms with Crippen LogP contribution in [0.2, 0.25) is 0 Å². The molecule has 5 heterocycles. The van der Waals surface area contributed by atoms with E-state index in [2.05, 4.69) is 32.8 Å². The quantitative estimate of drug-likeness (QED) is 0.129. The van der Waals surface area contributed by atoms with Gasteiger partial charge >= 0.3 is 6.09 Å². The molecule has 1 spiro atoms. The zero-order valence-electron chi connectivity index (χ0n) is 22.6. The molecule has 3 saturated heterocycles.